The molecule has 0 saturated heterocycles. The molecule has 0 unspecified atom stereocenters. The summed E-state index contributed by atoms with van der Waals surface area (Å²) in [6.07, 6.45) is 0. The van der Waals surface area contributed by atoms with Crippen molar-refractivity contribution in [2.24, 2.45) is 0 Å². The molecule has 2 aromatic rings. The van der Waals surface area contributed by atoms with Gasteiger partial charge in [0.05, 0.1) is 20.8 Å². The average Bonchev–Trinajstić information content (AvgIpc) is 2.41. The monoisotopic (exact) mass is 331 g/mol. The van der Waals surface area contributed by atoms with E-state index in [1.807, 2.05) is 0 Å². The van der Waals surface area contributed by atoms with E-state index in [0.29, 0.717) is 26.5 Å². The molecule has 0 amide bonds. The third-order valence-electron chi connectivity index (χ3n) is 2.38. The molecule has 0 aliphatic rings. The van der Waals surface area contributed by atoms with E-state index in [9.17, 15) is 4.79 Å². The standard InChI is InChI=1S/C13H8Cl3NO3/c14-8-4-10(16)12(5-9(8)15)20-6-7-2-1-3-11(17-7)13(18)19/h1-5H,6H2,(H,18,19). The number of nitrogens with zero attached hydrogens (tertiary/aromatic N) is 1. The number of halogens is 3. The first-order valence-corrected chi connectivity index (χ1v) is 6.57. The number of rotatable bonds is 4. The van der Waals surface area contributed by atoms with Crippen LogP contribution in [0.15, 0.2) is 30.3 Å². The van der Waals surface area contributed by atoms with Gasteiger partial charge in [-0.2, -0.15) is 0 Å². The van der Waals surface area contributed by atoms with Crippen molar-refractivity contribution < 1.29 is 14.6 Å². The fraction of sp³-hybridized carbons (Fsp3) is 0.0769. The Morgan fingerprint density at radius 3 is 2.55 bits per heavy atom. The van der Waals surface area contributed by atoms with Crippen LogP contribution in [-0.4, -0.2) is 16.1 Å². The van der Waals surface area contributed by atoms with Gasteiger partial charge in [-0.3, -0.25) is 0 Å². The molecule has 1 aromatic carbocycles. The Hall–Kier alpha value is -1.49. The van der Waals surface area contributed by atoms with Crippen LogP contribution >= 0.6 is 34.8 Å². The van der Waals surface area contributed by atoms with Crippen LogP contribution in [0.5, 0.6) is 5.75 Å². The number of aromatic carboxylic acids is 1. The first-order chi connectivity index (χ1) is 9.47. The zero-order valence-corrected chi connectivity index (χ0v) is 12.2. The second-order valence-electron chi connectivity index (χ2n) is 3.80. The van der Waals surface area contributed by atoms with Gasteiger partial charge in [0.2, 0.25) is 0 Å². The lowest BCUT2D eigenvalue weighted by molar-refractivity contribution is 0.0690. The Kier molecular flexibility index (Phi) is 4.70. The van der Waals surface area contributed by atoms with Crippen LogP contribution in [-0.2, 0) is 6.61 Å². The molecule has 0 bridgehead atoms. The topological polar surface area (TPSA) is 59.4 Å². The number of carboxylic acid groups (broad SMARTS) is 1. The van der Waals surface area contributed by atoms with Crippen molar-refractivity contribution in [3.8, 4) is 5.75 Å². The van der Waals surface area contributed by atoms with Gasteiger partial charge in [0.1, 0.15) is 18.1 Å². The number of pyridine rings is 1. The first kappa shape index (κ1) is 14.9. The van der Waals surface area contributed by atoms with E-state index in [1.54, 1.807) is 12.1 Å². The number of benzene rings is 1. The quantitative estimate of drug-likeness (QED) is 0.847. The zero-order chi connectivity index (χ0) is 14.7. The summed E-state index contributed by atoms with van der Waals surface area (Å²) in [6.45, 7) is 0.0683. The average molecular weight is 333 g/mol. The molecule has 0 saturated carbocycles. The molecule has 0 aliphatic heterocycles. The lowest BCUT2D eigenvalue weighted by atomic mass is 10.3. The van der Waals surface area contributed by atoms with Crippen LogP contribution in [0.1, 0.15) is 16.2 Å². The minimum Gasteiger partial charge on any atom is -0.486 e. The summed E-state index contributed by atoms with van der Waals surface area (Å²) in [5.41, 5.74) is 0.415. The molecule has 20 heavy (non-hydrogen) atoms. The third kappa shape index (κ3) is 3.54. The van der Waals surface area contributed by atoms with Gasteiger partial charge in [0, 0.05) is 6.07 Å². The Morgan fingerprint density at radius 1 is 1.15 bits per heavy atom. The van der Waals surface area contributed by atoms with Gasteiger partial charge >= 0.3 is 5.97 Å². The van der Waals surface area contributed by atoms with Crippen molar-refractivity contribution >= 4 is 40.8 Å². The van der Waals surface area contributed by atoms with Crippen molar-refractivity contribution in [3.05, 3.63) is 56.8 Å². The molecule has 1 aromatic heterocycles. The minimum atomic E-state index is -1.10. The van der Waals surface area contributed by atoms with Gasteiger partial charge in [-0.1, -0.05) is 40.9 Å². The van der Waals surface area contributed by atoms with Crippen LogP contribution < -0.4 is 4.74 Å². The van der Waals surface area contributed by atoms with Crippen molar-refractivity contribution in [2.45, 2.75) is 6.61 Å². The van der Waals surface area contributed by atoms with E-state index in [-0.39, 0.29) is 12.3 Å². The molecular weight excluding hydrogens is 325 g/mol. The molecule has 104 valence electrons. The number of hydrogen-bond acceptors (Lipinski definition) is 3. The van der Waals surface area contributed by atoms with Gasteiger partial charge in [0.15, 0.2) is 0 Å². The Balaban J connectivity index is 2.15. The van der Waals surface area contributed by atoms with Crippen LogP contribution in [0.2, 0.25) is 15.1 Å². The highest BCUT2D eigenvalue weighted by Gasteiger charge is 2.09. The van der Waals surface area contributed by atoms with Gasteiger partial charge < -0.3 is 9.84 Å². The van der Waals surface area contributed by atoms with E-state index in [4.69, 9.17) is 44.6 Å². The van der Waals surface area contributed by atoms with Crippen LogP contribution in [0, 0.1) is 0 Å². The number of aromatic nitrogens is 1. The van der Waals surface area contributed by atoms with Crippen LogP contribution in [0.3, 0.4) is 0 Å². The maximum atomic E-state index is 10.8. The second kappa shape index (κ2) is 6.31. The first-order valence-electron chi connectivity index (χ1n) is 5.44. The second-order valence-corrected chi connectivity index (χ2v) is 5.03. The maximum Gasteiger partial charge on any atom is 0.354 e. The lowest BCUT2D eigenvalue weighted by Crippen LogP contribution is -2.05. The number of carbonyl (C=O) groups is 1. The summed E-state index contributed by atoms with van der Waals surface area (Å²) in [6, 6.07) is 7.61. The van der Waals surface area contributed by atoms with Gasteiger partial charge in [0.25, 0.3) is 0 Å². The summed E-state index contributed by atoms with van der Waals surface area (Å²) in [5, 5.41) is 9.81. The Bertz CT molecular complexity index is 661. The largest absolute Gasteiger partial charge is 0.486 e. The molecule has 2 rings (SSSR count). The molecule has 0 spiro atoms. The highest BCUT2D eigenvalue weighted by atomic mass is 35.5. The van der Waals surface area contributed by atoms with Crippen molar-refractivity contribution in [3.63, 3.8) is 0 Å². The summed E-state index contributed by atoms with van der Waals surface area (Å²) < 4.78 is 5.46. The molecular formula is C13H8Cl3NO3. The fourth-order valence-corrected chi connectivity index (χ4v) is 2.04. The van der Waals surface area contributed by atoms with Crippen LogP contribution in [0.25, 0.3) is 0 Å². The zero-order valence-electron chi connectivity index (χ0n) is 9.94. The fourth-order valence-electron chi connectivity index (χ4n) is 1.45. The van der Waals surface area contributed by atoms with Crippen LogP contribution in [0.4, 0.5) is 0 Å². The molecule has 7 heteroatoms. The van der Waals surface area contributed by atoms with Crippen molar-refractivity contribution in [1.82, 2.24) is 4.98 Å². The summed E-state index contributed by atoms with van der Waals surface area (Å²) in [7, 11) is 0. The normalized spacial score (nSPS) is 10.3. The van der Waals surface area contributed by atoms with E-state index >= 15 is 0 Å². The minimum absolute atomic E-state index is 0.0497. The number of carboxylic acids is 1. The number of ether oxygens (including phenoxy) is 1. The Labute approximate surface area is 129 Å². The van der Waals surface area contributed by atoms with Gasteiger partial charge in [-0.25, -0.2) is 9.78 Å². The van der Waals surface area contributed by atoms with Gasteiger partial charge in [-0.05, 0) is 18.2 Å². The Morgan fingerprint density at radius 2 is 1.85 bits per heavy atom. The predicted octanol–water partition coefficient (Wildman–Crippen LogP) is 4.32. The number of hydrogen-bond donors (Lipinski definition) is 1. The molecule has 1 N–H and O–H groups in total. The molecule has 0 aliphatic carbocycles. The summed E-state index contributed by atoms with van der Waals surface area (Å²) in [4.78, 5) is 14.7. The smallest absolute Gasteiger partial charge is 0.354 e. The van der Waals surface area contributed by atoms with E-state index < -0.39 is 5.97 Å². The molecule has 1 heterocycles. The van der Waals surface area contributed by atoms with Crippen molar-refractivity contribution in [1.29, 1.82) is 0 Å². The predicted molar refractivity (Wildman–Crippen MR) is 77.0 cm³/mol. The highest BCUT2D eigenvalue weighted by molar-refractivity contribution is 6.43. The molecule has 4 nitrogen and oxygen atoms in total. The van der Waals surface area contributed by atoms with E-state index in [2.05, 4.69) is 4.98 Å². The summed E-state index contributed by atoms with van der Waals surface area (Å²) in [5.74, 6) is -0.747. The van der Waals surface area contributed by atoms with E-state index in [1.165, 1.54) is 18.2 Å². The molecule has 0 fully saturated rings. The molecule has 0 atom stereocenters. The third-order valence-corrected chi connectivity index (χ3v) is 3.39. The lowest BCUT2D eigenvalue weighted by Gasteiger charge is -2.09. The van der Waals surface area contributed by atoms with Gasteiger partial charge in [-0.15, -0.1) is 0 Å². The summed E-state index contributed by atoms with van der Waals surface area (Å²) >= 11 is 17.6. The van der Waals surface area contributed by atoms with E-state index in [0.717, 1.165) is 0 Å². The SMILES string of the molecule is O=C(O)c1cccc(COc2cc(Cl)c(Cl)cc2Cl)n1. The maximum absolute atomic E-state index is 10.8. The highest BCUT2D eigenvalue weighted by Crippen LogP contribution is 2.34. The van der Waals surface area contributed by atoms with Crippen molar-refractivity contribution in [2.75, 3.05) is 0 Å². The molecule has 0 radical (unpaired) electrons.